The van der Waals surface area contributed by atoms with Crippen LogP contribution in [0.25, 0.3) is 16.7 Å². The number of aryl methyl sites for hydroxylation is 1. The van der Waals surface area contributed by atoms with Crippen LogP contribution in [0, 0.1) is 11.8 Å². The van der Waals surface area contributed by atoms with Gasteiger partial charge in [0.1, 0.15) is 18.8 Å². The standard InChI is InChI=1S/C37H48O8/c1-10-27-21-29(28-11-15-31(16-12-28)43-36(39)25(6)7)13-17-32(27)33-18-14-30(22-34(33)45-44-26(8)23(2)3)37(40-9)42-20-19-41-35(38)24(4)5/h11-15,17-18,21-23,25-26,31,37H,4,10,16,19-20H2,1-3,5-9H3. The highest BCUT2D eigenvalue weighted by Gasteiger charge is 2.21. The summed E-state index contributed by atoms with van der Waals surface area (Å²) in [5.74, 6) is -0.0225. The number of hydrogen-bond acceptors (Lipinski definition) is 8. The van der Waals surface area contributed by atoms with Gasteiger partial charge in [0.15, 0.2) is 12.0 Å². The zero-order chi connectivity index (χ0) is 33.1. The van der Waals surface area contributed by atoms with Gasteiger partial charge in [0.25, 0.3) is 0 Å². The Labute approximate surface area is 267 Å². The van der Waals surface area contributed by atoms with Crippen molar-refractivity contribution in [3.63, 3.8) is 0 Å². The Bertz CT molecular complexity index is 1390. The van der Waals surface area contributed by atoms with Crippen molar-refractivity contribution >= 4 is 17.5 Å². The third-order valence-electron chi connectivity index (χ3n) is 7.56. The molecule has 0 bridgehead atoms. The van der Waals surface area contributed by atoms with Crippen LogP contribution in [0.5, 0.6) is 5.75 Å². The van der Waals surface area contributed by atoms with Crippen LogP contribution < -0.4 is 4.89 Å². The molecule has 2 aromatic carbocycles. The van der Waals surface area contributed by atoms with Crippen molar-refractivity contribution < 1.29 is 38.3 Å². The molecule has 0 aromatic heterocycles. The molecule has 244 valence electrons. The summed E-state index contributed by atoms with van der Waals surface area (Å²) in [5, 5.41) is 0. The Morgan fingerprint density at radius 3 is 2.33 bits per heavy atom. The maximum Gasteiger partial charge on any atom is 0.333 e. The Hall–Kier alpha value is -3.72. The number of ether oxygens (including phenoxy) is 4. The maximum atomic E-state index is 12.0. The summed E-state index contributed by atoms with van der Waals surface area (Å²) in [4.78, 5) is 35.5. The molecular formula is C37H48O8. The molecule has 0 heterocycles. The molecule has 3 unspecified atom stereocenters. The molecule has 0 aliphatic heterocycles. The van der Waals surface area contributed by atoms with Crippen molar-refractivity contribution in [2.24, 2.45) is 11.8 Å². The lowest BCUT2D eigenvalue weighted by molar-refractivity contribution is -0.249. The molecule has 1 aliphatic carbocycles. The lowest BCUT2D eigenvalue weighted by atomic mass is 9.91. The number of methoxy groups -OCH3 is 1. The highest BCUT2D eigenvalue weighted by atomic mass is 17.2. The van der Waals surface area contributed by atoms with Crippen LogP contribution in [0.2, 0.25) is 0 Å². The lowest BCUT2D eigenvalue weighted by Crippen LogP contribution is -2.20. The van der Waals surface area contributed by atoms with Crippen molar-refractivity contribution in [1.82, 2.24) is 0 Å². The minimum atomic E-state index is -0.714. The molecule has 0 fully saturated rings. The average molecular weight is 621 g/mol. The van der Waals surface area contributed by atoms with Crippen LogP contribution in [0.1, 0.15) is 77.9 Å². The van der Waals surface area contributed by atoms with E-state index in [-0.39, 0.29) is 43.2 Å². The molecular weight excluding hydrogens is 572 g/mol. The number of benzene rings is 2. The number of carbonyl (C=O) groups excluding carboxylic acids is 2. The minimum Gasteiger partial charge on any atom is -0.460 e. The van der Waals surface area contributed by atoms with E-state index in [4.69, 9.17) is 28.7 Å². The fourth-order valence-electron chi connectivity index (χ4n) is 4.44. The highest BCUT2D eigenvalue weighted by Crippen LogP contribution is 2.38. The van der Waals surface area contributed by atoms with Crippen molar-refractivity contribution in [1.29, 1.82) is 0 Å². The van der Waals surface area contributed by atoms with Crippen LogP contribution >= 0.6 is 0 Å². The first-order valence-electron chi connectivity index (χ1n) is 15.6. The summed E-state index contributed by atoms with van der Waals surface area (Å²) >= 11 is 0. The van der Waals surface area contributed by atoms with Gasteiger partial charge < -0.3 is 23.8 Å². The Morgan fingerprint density at radius 2 is 1.73 bits per heavy atom. The second-order valence-electron chi connectivity index (χ2n) is 11.8. The molecule has 0 spiro atoms. The van der Waals surface area contributed by atoms with E-state index in [0.717, 1.165) is 39.8 Å². The third kappa shape index (κ3) is 10.1. The van der Waals surface area contributed by atoms with Crippen LogP contribution in [-0.2, 0) is 39.8 Å². The molecule has 0 saturated heterocycles. The number of esters is 2. The number of allylic oxidation sites excluding steroid dienone is 2. The van der Waals surface area contributed by atoms with Gasteiger partial charge in [-0.05, 0) is 60.6 Å². The zero-order valence-corrected chi connectivity index (χ0v) is 27.9. The Morgan fingerprint density at radius 1 is 1.00 bits per heavy atom. The number of carbonyl (C=O) groups is 2. The Kier molecular flexibility index (Phi) is 13.6. The van der Waals surface area contributed by atoms with Crippen molar-refractivity contribution in [2.45, 2.75) is 79.8 Å². The second-order valence-corrected chi connectivity index (χ2v) is 11.8. The van der Waals surface area contributed by atoms with E-state index in [1.807, 2.05) is 51.1 Å². The van der Waals surface area contributed by atoms with Crippen LogP contribution in [-0.4, -0.2) is 44.5 Å². The fraction of sp³-hybridized carbons (Fsp3) is 0.459. The molecule has 0 saturated carbocycles. The van der Waals surface area contributed by atoms with Crippen molar-refractivity contribution in [3.8, 4) is 16.9 Å². The van der Waals surface area contributed by atoms with Crippen molar-refractivity contribution in [3.05, 3.63) is 83.5 Å². The van der Waals surface area contributed by atoms with E-state index in [9.17, 15) is 9.59 Å². The van der Waals surface area contributed by atoms with E-state index in [1.165, 1.54) is 0 Å². The summed E-state index contributed by atoms with van der Waals surface area (Å²) in [7, 11) is 1.55. The Balaban J connectivity index is 1.87. The van der Waals surface area contributed by atoms with Gasteiger partial charge in [-0.15, -0.1) is 0 Å². The molecule has 2 aromatic rings. The SMILES string of the molecule is C=C(C)C(=O)OCCOC(OC)c1ccc(-c2ccc(C3=CCC(OC(=O)C(C)C)C=C3)cc2CC)c(OOC(C)C(C)C)c1. The smallest absolute Gasteiger partial charge is 0.333 e. The maximum absolute atomic E-state index is 12.0. The van der Waals surface area contributed by atoms with Crippen LogP contribution in [0.15, 0.2) is 66.8 Å². The predicted molar refractivity (Wildman–Crippen MR) is 175 cm³/mol. The first-order chi connectivity index (χ1) is 21.4. The largest absolute Gasteiger partial charge is 0.460 e. The van der Waals surface area contributed by atoms with Crippen LogP contribution in [0.4, 0.5) is 0 Å². The molecule has 0 N–H and O–H groups in total. The number of rotatable bonds is 16. The minimum absolute atomic E-state index is 0.0730. The topological polar surface area (TPSA) is 89.5 Å². The van der Waals surface area contributed by atoms with Gasteiger partial charge in [0.2, 0.25) is 0 Å². The van der Waals surface area contributed by atoms with E-state index < -0.39 is 12.3 Å². The van der Waals surface area contributed by atoms with Gasteiger partial charge in [-0.3, -0.25) is 4.79 Å². The van der Waals surface area contributed by atoms with E-state index >= 15 is 0 Å². The van der Waals surface area contributed by atoms with Gasteiger partial charge >= 0.3 is 11.9 Å². The molecule has 8 nitrogen and oxygen atoms in total. The quantitative estimate of drug-likeness (QED) is 0.0466. The number of hydrogen-bond donors (Lipinski definition) is 0. The first kappa shape index (κ1) is 35.8. The van der Waals surface area contributed by atoms with E-state index in [1.54, 1.807) is 14.0 Å². The third-order valence-corrected chi connectivity index (χ3v) is 7.56. The summed E-state index contributed by atoms with van der Waals surface area (Å²) < 4.78 is 22.2. The van der Waals surface area contributed by atoms with Crippen molar-refractivity contribution in [2.75, 3.05) is 20.3 Å². The molecule has 8 heteroatoms. The second kappa shape index (κ2) is 17.1. The lowest BCUT2D eigenvalue weighted by Gasteiger charge is -2.22. The van der Waals surface area contributed by atoms with Gasteiger partial charge in [-0.25, -0.2) is 4.79 Å². The molecule has 3 atom stereocenters. The van der Waals surface area contributed by atoms with Crippen LogP contribution in [0.3, 0.4) is 0 Å². The van der Waals surface area contributed by atoms with Gasteiger partial charge in [-0.2, -0.15) is 4.89 Å². The molecule has 0 radical (unpaired) electrons. The van der Waals surface area contributed by atoms with Gasteiger partial charge in [-0.1, -0.05) is 83.7 Å². The average Bonchev–Trinajstić information content (AvgIpc) is 3.03. The summed E-state index contributed by atoms with van der Waals surface area (Å²) in [5.41, 5.74) is 6.27. The molecule has 0 amide bonds. The fourth-order valence-corrected chi connectivity index (χ4v) is 4.44. The van der Waals surface area contributed by atoms with E-state index in [2.05, 4.69) is 51.6 Å². The summed E-state index contributed by atoms with van der Waals surface area (Å²) in [6.07, 6.45) is 6.42. The molecule has 45 heavy (non-hydrogen) atoms. The first-order valence-corrected chi connectivity index (χ1v) is 15.6. The molecule has 3 rings (SSSR count). The zero-order valence-electron chi connectivity index (χ0n) is 27.9. The van der Waals surface area contributed by atoms with Gasteiger partial charge in [0, 0.05) is 30.2 Å². The van der Waals surface area contributed by atoms with E-state index in [0.29, 0.717) is 17.7 Å². The predicted octanol–water partition coefficient (Wildman–Crippen LogP) is 7.96. The normalized spacial score (nSPS) is 15.9. The molecule has 1 aliphatic rings. The van der Waals surface area contributed by atoms with Gasteiger partial charge in [0.05, 0.1) is 12.5 Å². The highest BCUT2D eigenvalue weighted by molar-refractivity contribution is 5.87. The summed E-state index contributed by atoms with van der Waals surface area (Å²) in [6, 6.07) is 12.1. The monoisotopic (exact) mass is 620 g/mol. The summed E-state index contributed by atoms with van der Waals surface area (Å²) in [6.45, 7) is 17.3.